The molecule has 7 nitrogen and oxygen atoms in total. The van der Waals surface area contributed by atoms with Crippen LogP contribution in [0.25, 0.3) is 0 Å². The van der Waals surface area contributed by atoms with Crippen molar-refractivity contribution in [2.75, 3.05) is 44.3 Å². The Morgan fingerprint density at radius 1 is 1.16 bits per heavy atom. The molecule has 0 N–H and O–H groups in total. The lowest BCUT2D eigenvalue weighted by atomic mass is 10.1. The maximum Gasteiger partial charge on any atom is 0.273 e. The van der Waals surface area contributed by atoms with Crippen molar-refractivity contribution >= 4 is 23.1 Å². The van der Waals surface area contributed by atoms with Crippen LogP contribution in [0.4, 0.5) is 5.82 Å². The van der Waals surface area contributed by atoms with Crippen molar-refractivity contribution < 1.29 is 9.53 Å². The maximum atomic E-state index is 12.7. The molecule has 2 aromatic rings. The molecule has 1 fully saturated rings. The third-order valence-electron chi connectivity index (χ3n) is 4.70. The van der Waals surface area contributed by atoms with E-state index in [0.29, 0.717) is 18.8 Å². The van der Waals surface area contributed by atoms with E-state index in [1.165, 1.54) is 16.9 Å². The fourth-order valence-corrected chi connectivity index (χ4v) is 3.97. The van der Waals surface area contributed by atoms with Crippen molar-refractivity contribution in [2.24, 2.45) is 0 Å². The molecule has 2 aliphatic rings. The summed E-state index contributed by atoms with van der Waals surface area (Å²) in [5.41, 5.74) is 2.78. The minimum absolute atomic E-state index is 0.0121. The van der Waals surface area contributed by atoms with Crippen molar-refractivity contribution in [3.8, 4) is 0 Å². The van der Waals surface area contributed by atoms with Gasteiger partial charge in [0, 0.05) is 43.5 Å². The summed E-state index contributed by atoms with van der Waals surface area (Å²) in [6.07, 6.45) is 3.17. The molecular formula is C17H21N5O2S. The lowest BCUT2D eigenvalue weighted by Gasteiger charge is -2.29. The van der Waals surface area contributed by atoms with E-state index in [1.54, 1.807) is 6.33 Å². The van der Waals surface area contributed by atoms with Gasteiger partial charge in [0.15, 0.2) is 0 Å². The smallest absolute Gasteiger partial charge is 0.273 e. The minimum Gasteiger partial charge on any atom is -0.378 e. The van der Waals surface area contributed by atoms with E-state index < -0.39 is 0 Å². The first kappa shape index (κ1) is 16.4. The molecule has 132 valence electrons. The molecule has 2 aliphatic heterocycles. The van der Waals surface area contributed by atoms with Crippen LogP contribution in [0.15, 0.2) is 11.7 Å². The number of thiazole rings is 1. The zero-order valence-electron chi connectivity index (χ0n) is 14.3. The average molecular weight is 359 g/mol. The Labute approximate surface area is 150 Å². The summed E-state index contributed by atoms with van der Waals surface area (Å²) < 4.78 is 5.45. The molecule has 1 saturated heterocycles. The summed E-state index contributed by atoms with van der Waals surface area (Å²) in [4.78, 5) is 30.2. The average Bonchev–Trinajstić information content (AvgIpc) is 2.96. The molecule has 4 rings (SSSR count). The molecule has 4 heterocycles. The number of hydrogen-bond acceptors (Lipinski definition) is 7. The van der Waals surface area contributed by atoms with Crippen LogP contribution in [0, 0.1) is 6.92 Å². The van der Waals surface area contributed by atoms with Gasteiger partial charge in [0.25, 0.3) is 5.91 Å². The van der Waals surface area contributed by atoms with E-state index in [4.69, 9.17) is 4.74 Å². The normalized spacial score (nSPS) is 18.0. The van der Waals surface area contributed by atoms with Gasteiger partial charge < -0.3 is 14.5 Å². The van der Waals surface area contributed by atoms with Crippen LogP contribution >= 0.6 is 11.3 Å². The van der Waals surface area contributed by atoms with Crippen molar-refractivity contribution in [1.29, 1.82) is 0 Å². The van der Waals surface area contributed by atoms with E-state index in [9.17, 15) is 4.79 Å². The third kappa shape index (κ3) is 3.36. The second-order valence-electron chi connectivity index (χ2n) is 6.27. The Bertz CT molecular complexity index is 772. The monoisotopic (exact) mass is 359 g/mol. The molecule has 0 radical (unpaired) electrons. The van der Waals surface area contributed by atoms with Crippen LogP contribution < -0.4 is 4.90 Å². The highest BCUT2D eigenvalue weighted by Gasteiger charge is 2.25. The van der Waals surface area contributed by atoms with Gasteiger partial charge >= 0.3 is 0 Å². The number of amides is 1. The SMILES string of the molecule is Cc1nc(C(=O)N2CCc3ncnc(N4CCOCC4)c3CC2)cs1. The number of aryl methyl sites for hydroxylation is 1. The molecule has 1 amide bonds. The van der Waals surface area contributed by atoms with Crippen LogP contribution in [0.2, 0.25) is 0 Å². The fraction of sp³-hybridized carbons (Fsp3) is 0.529. The predicted octanol–water partition coefficient (Wildman–Crippen LogP) is 1.32. The van der Waals surface area contributed by atoms with E-state index in [1.807, 2.05) is 17.2 Å². The third-order valence-corrected chi connectivity index (χ3v) is 5.47. The number of carbonyl (C=O) groups is 1. The van der Waals surface area contributed by atoms with Gasteiger partial charge in [0.2, 0.25) is 0 Å². The predicted molar refractivity (Wildman–Crippen MR) is 95.2 cm³/mol. The number of aromatic nitrogens is 3. The number of ether oxygens (including phenoxy) is 1. The van der Waals surface area contributed by atoms with Gasteiger partial charge in [-0.25, -0.2) is 15.0 Å². The Kier molecular flexibility index (Phi) is 4.63. The number of morpholine rings is 1. The van der Waals surface area contributed by atoms with Gasteiger partial charge in [-0.1, -0.05) is 0 Å². The number of rotatable bonds is 2. The first-order valence-electron chi connectivity index (χ1n) is 8.59. The highest BCUT2D eigenvalue weighted by molar-refractivity contribution is 7.09. The van der Waals surface area contributed by atoms with E-state index in [-0.39, 0.29) is 5.91 Å². The number of hydrogen-bond donors (Lipinski definition) is 0. The van der Waals surface area contributed by atoms with E-state index >= 15 is 0 Å². The van der Waals surface area contributed by atoms with Crippen LogP contribution in [-0.4, -0.2) is 65.2 Å². The molecule has 0 saturated carbocycles. The first-order chi connectivity index (χ1) is 12.2. The molecule has 0 unspecified atom stereocenters. The lowest BCUT2D eigenvalue weighted by Crippen LogP contribution is -2.37. The molecule has 2 aromatic heterocycles. The van der Waals surface area contributed by atoms with Crippen LogP contribution in [0.1, 0.15) is 26.8 Å². The zero-order chi connectivity index (χ0) is 17.2. The number of nitrogens with zero attached hydrogens (tertiary/aromatic N) is 5. The van der Waals surface area contributed by atoms with E-state index in [2.05, 4.69) is 19.9 Å². The summed E-state index contributed by atoms with van der Waals surface area (Å²) >= 11 is 1.51. The first-order valence-corrected chi connectivity index (χ1v) is 9.47. The number of carbonyl (C=O) groups excluding carboxylic acids is 1. The van der Waals surface area contributed by atoms with Crippen molar-refractivity contribution in [3.05, 3.63) is 33.7 Å². The van der Waals surface area contributed by atoms with Crippen molar-refractivity contribution in [3.63, 3.8) is 0 Å². The van der Waals surface area contributed by atoms with Crippen LogP contribution in [0.3, 0.4) is 0 Å². The van der Waals surface area contributed by atoms with Gasteiger partial charge in [-0.2, -0.15) is 0 Å². The van der Waals surface area contributed by atoms with Crippen LogP contribution in [-0.2, 0) is 17.6 Å². The molecular weight excluding hydrogens is 338 g/mol. The molecule has 0 aliphatic carbocycles. The number of anilines is 1. The second-order valence-corrected chi connectivity index (χ2v) is 7.33. The largest absolute Gasteiger partial charge is 0.378 e. The fourth-order valence-electron chi connectivity index (χ4n) is 3.38. The molecule has 0 aromatic carbocycles. The zero-order valence-corrected chi connectivity index (χ0v) is 15.1. The quantitative estimate of drug-likeness (QED) is 0.805. The summed E-state index contributed by atoms with van der Waals surface area (Å²) in [6, 6.07) is 0. The van der Waals surface area contributed by atoms with Crippen molar-refractivity contribution in [2.45, 2.75) is 19.8 Å². The summed E-state index contributed by atoms with van der Waals surface area (Å²) in [6.45, 7) is 6.42. The summed E-state index contributed by atoms with van der Waals surface area (Å²) in [7, 11) is 0. The Hall–Kier alpha value is -2.06. The topological polar surface area (TPSA) is 71.5 Å². The number of fused-ring (bicyclic) bond motifs is 1. The summed E-state index contributed by atoms with van der Waals surface area (Å²) in [5.74, 6) is 1.02. The molecule has 0 bridgehead atoms. The maximum absolute atomic E-state index is 12.7. The Balaban J connectivity index is 1.54. The Morgan fingerprint density at radius 2 is 1.96 bits per heavy atom. The Morgan fingerprint density at radius 3 is 2.72 bits per heavy atom. The standard InChI is InChI=1S/C17H21N5O2S/c1-12-20-15(10-25-12)17(23)22-4-2-13-14(3-5-22)18-11-19-16(13)21-6-8-24-9-7-21/h10-11H,2-9H2,1H3. The minimum atomic E-state index is 0.0121. The van der Waals surface area contributed by atoms with Gasteiger partial charge in [-0.05, 0) is 13.3 Å². The highest BCUT2D eigenvalue weighted by atomic mass is 32.1. The van der Waals surface area contributed by atoms with Gasteiger partial charge in [-0.3, -0.25) is 4.79 Å². The lowest BCUT2D eigenvalue weighted by molar-refractivity contribution is 0.0757. The molecule has 0 atom stereocenters. The summed E-state index contributed by atoms with van der Waals surface area (Å²) in [5, 5.41) is 2.76. The van der Waals surface area contributed by atoms with E-state index in [0.717, 1.165) is 55.7 Å². The van der Waals surface area contributed by atoms with Crippen molar-refractivity contribution in [1.82, 2.24) is 19.9 Å². The van der Waals surface area contributed by atoms with Crippen LogP contribution in [0.5, 0.6) is 0 Å². The molecule has 8 heteroatoms. The van der Waals surface area contributed by atoms with Gasteiger partial charge in [0.1, 0.15) is 17.8 Å². The molecule has 0 spiro atoms. The highest BCUT2D eigenvalue weighted by Crippen LogP contribution is 2.25. The van der Waals surface area contributed by atoms with Gasteiger partial charge in [0.05, 0.1) is 23.9 Å². The van der Waals surface area contributed by atoms with Gasteiger partial charge in [-0.15, -0.1) is 11.3 Å². The second kappa shape index (κ2) is 7.05. The molecule has 25 heavy (non-hydrogen) atoms.